The molecule has 5 heteroatoms. The molecule has 144 valence electrons. The molecule has 0 aromatic heterocycles. The number of nitrogens with two attached hydrogens (primary N) is 1. The van der Waals surface area contributed by atoms with E-state index in [1.807, 2.05) is 0 Å². The van der Waals surface area contributed by atoms with Crippen molar-refractivity contribution in [3.63, 3.8) is 0 Å². The number of piperazine rings is 1. The van der Waals surface area contributed by atoms with Crippen LogP contribution in [0.25, 0.3) is 0 Å². The number of amides is 1. The molecule has 1 saturated carbocycles. The van der Waals surface area contributed by atoms with Crippen LogP contribution in [0, 0.1) is 5.92 Å². The van der Waals surface area contributed by atoms with E-state index >= 15 is 0 Å². The van der Waals surface area contributed by atoms with E-state index in [4.69, 9.17) is 5.73 Å². The molecule has 1 aromatic carbocycles. The average Bonchev–Trinajstić information content (AvgIpc) is 3.06. The Balaban J connectivity index is 1.39. The molecule has 1 heterocycles. The van der Waals surface area contributed by atoms with Gasteiger partial charge in [0.15, 0.2) is 0 Å². The van der Waals surface area contributed by atoms with Crippen molar-refractivity contribution in [3.05, 3.63) is 35.4 Å². The van der Waals surface area contributed by atoms with E-state index in [2.05, 4.69) is 46.3 Å². The Morgan fingerprint density at radius 2 is 1.73 bits per heavy atom. The predicted octanol–water partition coefficient (Wildman–Crippen LogP) is 1.96. The number of nitrogens with zero attached hydrogens (tertiary/aromatic N) is 2. The van der Waals surface area contributed by atoms with Crippen LogP contribution in [-0.2, 0) is 17.9 Å². The normalized spacial score (nSPS) is 24.7. The second kappa shape index (κ2) is 9.49. The van der Waals surface area contributed by atoms with Gasteiger partial charge in [-0.2, -0.15) is 0 Å². The quantitative estimate of drug-likeness (QED) is 0.782. The Kier molecular flexibility index (Phi) is 7.06. The van der Waals surface area contributed by atoms with Crippen LogP contribution in [0.1, 0.15) is 43.7 Å². The Morgan fingerprint density at radius 1 is 1.08 bits per heavy atom. The van der Waals surface area contributed by atoms with Gasteiger partial charge >= 0.3 is 0 Å². The summed E-state index contributed by atoms with van der Waals surface area (Å²) in [6.45, 7) is 9.65. The monoisotopic (exact) mass is 358 g/mol. The maximum atomic E-state index is 12.1. The predicted molar refractivity (Wildman–Crippen MR) is 106 cm³/mol. The van der Waals surface area contributed by atoms with Gasteiger partial charge < -0.3 is 16.0 Å². The summed E-state index contributed by atoms with van der Waals surface area (Å²) in [5.74, 6) is 0.496. The zero-order valence-corrected chi connectivity index (χ0v) is 16.1. The minimum absolute atomic E-state index is 0.130. The van der Waals surface area contributed by atoms with Crippen molar-refractivity contribution in [1.29, 1.82) is 0 Å². The number of nitrogens with one attached hydrogen (secondary N) is 1. The molecular weight excluding hydrogens is 324 g/mol. The zero-order chi connectivity index (χ0) is 18.4. The maximum absolute atomic E-state index is 12.1. The summed E-state index contributed by atoms with van der Waals surface area (Å²) < 4.78 is 0. The number of carbonyl (C=O) groups is 1. The van der Waals surface area contributed by atoms with Gasteiger partial charge in [0.1, 0.15) is 0 Å². The van der Waals surface area contributed by atoms with Crippen molar-refractivity contribution in [3.8, 4) is 0 Å². The summed E-state index contributed by atoms with van der Waals surface area (Å²) >= 11 is 0. The number of hydrogen-bond acceptors (Lipinski definition) is 4. The molecule has 0 radical (unpaired) electrons. The van der Waals surface area contributed by atoms with Gasteiger partial charge in [0.25, 0.3) is 0 Å². The van der Waals surface area contributed by atoms with E-state index in [-0.39, 0.29) is 11.9 Å². The summed E-state index contributed by atoms with van der Waals surface area (Å²) in [6, 6.07) is 8.87. The second-order valence-electron chi connectivity index (χ2n) is 7.86. The summed E-state index contributed by atoms with van der Waals surface area (Å²) in [5.41, 5.74) is 8.57. The Labute approximate surface area is 157 Å². The molecule has 2 atom stereocenters. The third-order valence-corrected chi connectivity index (χ3v) is 6.00. The third-order valence-electron chi connectivity index (χ3n) is 6.00. The topological polar surface area (TPSA) is 61.6 Å². The van der Waals surface area contributed by atoms with Crippen molar-refractivity contribution >= 4 is 5.91 Å². The van der Waals surface area contributed by atoms with Crippen LogP contribution in [0.3, 0.4) is 0 Å². The summed E-state index contributed by atoms with van der Waals surface area (Å²) in [5, 5.41) is 3.05. The van der Waals surface area contributed by atoms with Gasteiger partial charge in [0.2, 0.25) is 5.91 Å². The molecule has 1 aromatic rings. The van der Waals surface area contributed by atoms with Crippen LogP contribution in [0.5, 0.6) is 0 Å². The van der Waals surface area contributed by atoms with E-state index in [1.165, 1.54) is 18.7 Å². The standard InChI is InChI=1S/C21H34N4O/c1-2-24-10-12-25(13-11-24)16-18-8-6-17(7-9-18)15-23-21(26)14-19-4-3-5-20(19)22/h6-9,19-20H,2-5,10-16,22H2,1H3,(H,23,26)/t19-,20+/m0/s1. The van der Waals surface area contributed by atoms with Crippen LogP contribution in [0.15, 0.2) is 24.3 Å². The van der Waals surface area contributed by atoms with Crippen LogP contribution < -0.4 is 11.1 Å². The van der Waals surface area contributed by atoms with E-state index in [9.17, 15) is 4.79 Å². The summed E-state index contributed by atoms with van der Waals surface area (Å²) in [4.78, 5) is 17.1. The molecule has 1 aliphatic carbocycles. The van der Waals surface area contributed by atoms with E-state index in [0.29, 0.717) is 18.9 Å². The average molecular weight is 359 g/mol. The van der Waals surface area contributed by atoms with Gasteiger partial charge in [0.05, 0.1) is 0 Å². The molecule has 2 fully saturated rings. The molecule has 0 unspecified atom stereocenters. The van der Waals surface area contributed by atoms with E-state index in [1.54, 1.807) is 0 Å². The molecule has 3 N–H and O–H groups in total. The Morgan fingerprint density at radius 3 is 2.35 bits per heavy atom. The van der Waals surface area contributed by atoms with Gasteiger partial charge in [-0.25, -0.2) is 0 Å². The van der Waals surface area contributed by atoms with Gasteiger partial charge in [-0.15, -0.1) is 0 Å². The first kappa shape index (κ1) is 19.3. The Bertz CT molecular complexity index is 566. The van der Waals surface area contributed by atoms with Crippen molar-refractivity contribution in [1.82, 2.24) is 15.1 Å². The summed E-state index contributed by atoms with van der Waals surface area (Å²) in [6.07, 6.45) is 3.89. The lowest BCUT2D eigenvalue weighted by atomic mass is 10.00. The highest BCUT2D eigenvalue weighted by atomic mass is 16.1. The van der Waals surface area contributed by atoms with Crippen LogP contribution in [-0.4, -0.2) is 54.5 Å². The molecular formula is C21H34N4O. The highest BCUT2D eigenvalue weighted by Gasteiger charge is 2.25. The van der Waals surface area contributed by atoms with Crippen molar-refractivity contribution in [2.45, 2.75) is 51.7 Å². The molecule has 0 spiro atoms. The van der Waals surface area contributed by atoms with Gasteiger partial charge in [-0.05, 0) is 36.4 Å². The fourth-order valence-electron chi connectivity index (χ4n) is 4.11. The molecule has 1 aliphatic heterocycles. The SMILES string of the molecule is CCN1CCN(Cc2ccc(CNC(=O)C[C@@H]3CCC[C@H]3N)cc2)CC1. The van der Waals surface area contributed by atoms with Crippen molar-refractivity contribution in [2.24, 2.45) is 11.7 Å². The molecule has 3 rings (SSSR count). The van der Waals surface area contributed by atoms with E-state index in [0.717, 1.165) is 51.0 Å². The van der Waals surface area contributed by atoms with Gasteiger partial charge in [-0.3, -0.25) is 9.69 Å². The molecule has 2 aliphatic rings. The zero-order valence-electron chi connectivity index (χ0n) is 16.1. The highest BCUT2D eigenvalue weighted by Crippen LogP contribution is 2.26. The molecule has 1 saturated heterocycles. The summed E-state index contributed by atoms with van der Waals surface area (Å²) in [7, 11) is 0. The lowest BCUT2D eigenvalue weighted by Crippen LogP contribution is -2.45. The minimum Gasteiger partial charge on any atom is -0.352 e. The largest absolute Gasteiger partial charge is 0.352 e. The first-order valence-electron chi connectivity index (χ1n) is 10.2. The smallest absolute Gasteiger partial charge is 0.220 e. The van der Waals surface area contributed by atoms with Gasteiger partial charge in [-0.1, -0.05) is 37.6 Å². The number of rotatable bonds is 7. The minimum atomic E-state index is 0.130. The highest BCUT2D eigenvalue weighted by molar-refractivity contribution is 5.76. The fraction of sp³-hybridized carbons (Fsp3) is 0.667. The number of carbonyl (C=O) groups excluding carboxylic acids is 1. The lowest BCUT2D eigenvalue weighted by molar-refractivity contribution is -0.122. The maximum Gasteiger partial charge on any atom is 0.220 e. The lowest BCUT2D eigenvalue weighted by Gasteiger charge is -2.34. The first-order chi connectivity index (χ1) is 12.6. The van der Waals surface area contributed by atoms with E-state index < -0.39 is 0 Å². The van der Waals surface area contributed by atoms with Gasteiger partial charge in [0, 0.05) is 51.7 Å². The number of hydrogen-bond donors (Lipinski definition) is 2. The fourth-order valence-corrected chi connectivity index (χ4v) is 4.11. The van der Waals surface area contributed by atoms with Crippen molar-refractivity contribution < 1.29 is 4.79 Å². The van der Waals surface area contributed by atoms with Crippen LogP contribution in [0.4, 0.5) is 0 Å². The van der Waals surface area contributed by atoms with Crippen LogP contribution in [0.2, 0.25) is 0 Å². The molecule has 1 amide bonds. The second-order valence-corrected chi connectivity index (χ2v) is 7.86. The number of likely N-dealkylation sites (N-methyl/N-ethyl adjacent to an activating group) is 1. The van der Waals surface area contributed by atoms with Crippen LogP contribution >= 0.6 is 0 Å². The number of benzene rings is 1. The first-order valence-corrected chi connectivity index (χ1v) is 10.2. The van der Waals surface area contributed by atoms with Crippen molar-refractivity contribution in [2.75, 3.05) is 32.7 Å². The molecule has 5 nitrogen and oxygen atoms in total. The molecule has 26 heavy (non-hydrogen) atoms. The third kappa shape index (κ3) is 5.53. The molecule has 0 bridgehead atoms. The Hall–Kier alpha value is -1.43.